The van der Waals surface area contributed by atoms with Crippen molar-refractivity contribution < 1.29 is 0 Å². The van der Waals surface area contributed by atoms with Gasteiger partial charge in [0.1, 0.15) is 5.82 Å². The molecule has 0 saturated carbocycles. The van der Waals surface area contributed by atoms with Crippen molar-refractivity contribution in [2.45, 2.75) is 16.7 Å². The summed E-state index contributed by atoms with van der Waals surface area (Å²) in [6, 6.07) is 12.8. The molecule has 21 heavy (non-hydrogen) atoms. The molecule has 3 nitrogen and oxygen atoms in total. The molecule has 2 heterocycles. The van der Waals surface area contributed by atoms with Crippen molar-refractivity contribution in [2.75, 3.05) is 32.1 Å². The molecule has 1 aromatic heterocycles. The van der Waals surface area contributed by atoms with Crippen LogP contribution in [0.5, 0.6) is 0 Å². The Balaban J connectivity index is 1.95. The summed E-state index contributed by atoms with van der Waals surface area (Å²) >= 11 is 1.81. The van der Waals surface area contributed by atoms with Crippen molar-refractivity contribution in [1.82, 2.24) is 9.88 Å². The molecule has 1 aromatic carbocycles. The fourth-order valence-corrected chi connectivity index (χ4v) is 3.91. The highest BCUT2D eigenvalue weighted by Crippen LogP contribution is 2.46. The zero-order valence-corrected chi connectivity index (χ0v) is 13.6. The Bertz CT molecular complexity index is 581. The molecule has 4 heteroatoms. The molecule has 1 aliphatic rings. The van der Waals surface area contributed by atoms with Crippen LogP contribution in [0.4, 0.5) is 11.5 Å². The van der Waals surface area contributed by atoms with Gasteiger partial charge in [-0.2, -0.15) is 0 Å². The molecule has 0 radical (unpaired) electrons. The Kier molecular flexibility index (Phi) is 4.17. The number of anilines is 2. The van der Waals surface area contributed by atoms with Crippen LogP contribution in [0, 0.1) is 5.92 Å². The standard InChI is InChI=1S/C17H21N3S/c1-13(11-19(2)3)12-20-14-7-4-5-8-15(14)21-16-9-6-10-18-17(16)20/h4-10,13H,11-12H2,1-3H3. The van der Waals surface area contributed by atoms with Gasteiger partial charge in [0, 0.05) is 24.2 Å². The third-order valence-corrected chi connectivity index (χ3v) is 4.66. The van der Waals surface area contributed by atoms with E-state index in [0.29, 0.717) is 5.92 Å². The lowest BCUT2D eigenvalue weighted by Gasteiger charge is -2.33. The Morgan fingerprint density at radius 1 is 1.14 bits per heavy atom. The molecule has 2 aromatic rings. The fraction of sp³-hybridized carbons (Fsp3) is 0.353. The number of para-hydroxylation sites is 1. The average molecular weight is 299 g/mol. The van der Waals surface area contributed by atoms with Gasteiger partial charge in [-0.1, -0.05) is 30.8 Å². The molecule has 0 aliphatic carbocycles. The van der Waals surface area contributed by atoms with Gasteiger partial charge in [-0.15, -0.1) is 0 Å². The van der Waals surface area contributed by atoms with Crippen LogP contribution in [0.25, 0.3) is 0 Å². The first-order valence-corrected chi connectivity index (χ1v) is 8.11. The number of pyridine rings is 1. The molecule has 0 spiro atoms. The van der Waals surface area contributed by atoms with E-state index in [-0.39, 0.29) is 0 Å². The predicted molar refractivity (Wildman–Crippen MR) is 89.5 cm³/mol. The van der Waals surface area contributed by atoms with E-state index in [1.54, 1.807) is 0 Å². The molecule has 1 aliphatic heterocycles. The quantitative estimate of drug-likeness (QED) is 0.853. The molecule has 0 amide bonds. The molecule has 1 unspecified atom stereocenters. The van der Waals surface area contributed by atoms with Crippen LogP contribution >= 0.6 is 11.8 Å². The Morgan fingerprint density at radius 3 is 2.71 bits per heavy atom. The SMILES string of the molecule is CC(CN(C)C)CN1c2ccccc2Sc2cccnc21. The lowest BCUT2D eigenvalue weighted by molar-refractivity contribution is 0.342. The minimum Gasteiger partial charge on any atom is -0.324 e. The van der Waals surface area contributed by atoms with E-state index in [2.05, 4.69) is 66.1 Å². The van der Waals surface area contributed by atoms with Crippen molar-refractivity contribution in [2.24, 2.45) is 5.92 Å². The minimum atomic E-state index is 0.575. The first-order chi connectivity index (χ1) is 10.1. The Hall–Kier alpha value is -1.52. The van der Waals surface area contributed by atoms with Crippen LogP contribution in [0.2, 0.25) is 0 Å². The van der Waals surface area contributed by atoms with E-state index in [1.807, 2.05) is 24.0 Å². The number of nitrogens with zero attached hydrogens (tertiary/aromatic N) is 3. The summed E-state index contributed by atoms with van der Waals surface area (Å²) in [5.41, 5.74) is 1.28. The van der Waals surface area contributed by atoms with E-state index < -0.39 is 0 Å². The molecular formula is C17H21N3S. The summed E-state index contributed by atoms with van der Waals surface area (Å²) in [5, 5.41) is 0. The molecule has 3 rings (SSSR count). The number of benzene rings is 1. The second-order valence-corrected chi connectivity index (χ2v) is 6.96. The average Bonchev–Trinajstić information content (AvgIpc) is 2.46. The van der Waals surface area contributed by atoms with Gasteiger partial charge in [-0.05, 0) is 44.3 Å². The Labute approximate surface area is 131 Å². The first kappa shape index (κ1) is 14.4. The molecular weight excluding hydrogens is 278 g/mol. The van der Waals surface area contributed by atoms with Crippen molar-refractivity contribution in [3.05, 3.63) is 42.6 Å². The van der Waals surface area contributed by atoms with Crippen molar-refractivity contribution in [1.29, 1.82) is 0 Å². The van der Waals surface area contributed by atoms with E-state index >= 15 is 0 Å². The van der Waals surface area contributed by atoms with Gasteiger partial charge in [-0.3, -0.25) is 0 Å². The highest BCUT2D eigenvalue weighted by Gasteiger charge is 2.25. The van der Waals surface area contributed by atoms with Gasteiger partial charge in [-0.25, -0.2) is 4.98 Å². The summed E-state index contributed by atoms with van der Waals surface area (Å²) in [5.74, 6) is 1.66. The van der Waals surface area contributed by atoms with Crippen molar-refractivity contribution >= 4 is 23.3 Å². The van der Waals surface area contributed by atoms with Crippen LogP contribution in [0.15, 0.2) is 52.4 Å². The van der Waals surface area contributed by atoms with Gasteiger partial charge in [0.25, 0.3) is 0 Å². The highest BCUT2D eigenvalue weighted by molar-refractivity contribution is 7.99. The topological polar surface area (TPSA) is 19.4 Å². The molecule has 0 N–H and O–H groups in total. The molecule has 0 fully saturated rings. The lowest BCUT2D eigenvalue weighted by Crippen LogP contribution is -2.32. The highest BCUT2D eigenvalue weighted by atomic mass is 32.2. The summed E-state index contributed by atoms with van der Waals surface area (Å²) in [7, 11) is 4.26. The maximum absolute atomic E-state index is 4.62. The summed E-state index contributed by atoms with van der Waals surface area (Å²) in [6.07, 6.45) is 1.89. The third-order valence-electron chi connectivity index (χ3n) is 3.55. The van der Waals surface area contributed by atoms with E-state index in [0.717, 1.165) is 18.9 Å². The Morgan fingerprint density at radius 2 is 1.90 bits per heavy atom. The summed E-state index contributed by atoms with van der Waals surface area (Å²) in [4.78, 5) is 11.8. The second-order valence-electron chi connectivity index (χ2n) is 5.87. The normalized spacial score (nSPS) is 14.8. The van der Waals surface area contributed by atoms with Gasteiger partial charge < -0.3 is 9.80 Å². The minimum absolute atomic E-state index is 0.575. The summed E-state index contributed by atoms with van der Waals surface area (Å²) in [6.45, 7) is 4.36. The van der Waals surface area contributed by atoms with Crippen LogP contribution < -0.4 is 4.90 Å². The monoisotopic (exact) mass is 299 g/mol. The summed E-state index contributed by atoms with van der Waals surface area (Å²) < 4.78 is 0. The van der Waals surface area contributed by atoms with Gasteiger partial charge in [0.15, 0.2) is 0 Å². The molecule has 1 atom stereocenters. The number of rotatable bonds is 4. The predicted octanol–water partition coefficient (Wildman–Crippen LogP) is 3.88. The zero-order chi connectivity index (χ0) is 14.8. The lowest BCUT2D eigenvalue weighted by atomic mass is 10.1. The fourth-order valence-electron chi connectivity index (χ4n) is 2.84. The molecule has 110 valence electrons. The van der Waals surface area contributed by atoms with Crippen LogP contribution in [-0.2, 0) is 0 Å². The number of hydrogen-bond donors (Lipinski definition) is 0. The third kappa shape index (κ3) is 3.06. The van der Waals surface area contributed by atoms with E-state index in [1.165, 1.54) is 15.5 Å². The van der Waals surface area contributed by atoms with Crippen molar-refractivity contribution in [3.8, 4) is 0 Å². The number of fused-ring (bicyclic) bond motifs is 2. The number of aromatic nitrogens is 1. The number of hydrogen-bond acceptors (Lipinski definition) is 4. The van der Waals surface area contributed by atoms with Crippen molar-refractivity contribution in [3.63, 3.8) is 0 Å². The molecule has 0 saturated heterocycles. The van der Waals surface area contributed by atoms with E-state index in [4.69, 9.17) is 0 Å². The van der Waals surface area contributed by atoms with Crippen LogP contribution in [0.1, 0.15) is 6.92 Å². The second kappa shape index (κ2) is 6.08. The molecule has 0 bridgehead atoms. The van der Waals surface area contributed by atoms with E-state index in [9.17, 15) is 0 Å². The van der Waals surface area contributed by atoms with Gasteiger partial charge in [0.2, 0.25) is 0 Å². The van der Waals surface area contributed by atoms with Gasteiger partial charge >= 0.3 is 0 Å². The maximum atomic E-state index is 4.62. The van der Waals surface area contributed by atoms with Crippen LogP contribution in [-0.4, -0.2) is 37.1 Å². The van der Waals surface area contributed by atoms with Gasteiger partial charge in [0.05, 0.1) is 10.6 Å². The zero-order valence-electron chi connectivity index (χ0n) is 12.8. The smallest absolute Gasteiger partial charge is 0.147 e. The van der Waals surface area contributed by atoms with Crippen LogP contribution in [0.3, 0.4) is 0 Å². The largest absolute Gasteiger partial charge is 0.324 e. The maximum Gasteiger partial charge on any atom is 0.147 e. The first-order valence-electron chi connectivity index (χ1n) is 7.29.